The molecule has 1 fully saturated rings. The van der Waals surface area contributed by atoms with Crippen LogP contribution in [0, 0.1) is 0 Å². The molecular weight excluding hydrogens is 176 g/mol. The minimum Gasteiger partial charge on any atom is -0.497 e. The van der Waals surface area contributed by atoms with Crippen molar-refractivity contribution in [1.82, 2.24) is 0 Å². The van der Waals surface area contributed by atoms with Gasteiger partial charge in [-0.2, -0.15) is 0 Å². The van der Waals surface area contributed by atoms with Crippen molar-refractivity contribution in [1.29, 1.82) is 0 Å². The largest absolute Gasteiger partial charge is 0.497 e. The first kappa shape index (κ1) is 9.53. The summed E-state index contributed by atoms with van der Waals surface area (Å²) < 4.78 is 5.08. The van der Waals surface area contributed by atoms with Crippen molar-refractivity contribution < 1.29 is 9.84 Å². The van der Waals surface area contributed by atoms with Crippen LogP contribution in [0.1, 0.15) is 24.8 Å². The number of hydrogen-bond donors (Lipinski definition) is 1. The van der Waals surface area contributed by atoms with E-state index in [1.165, 1.54) is 5.56 Å². The van der Waals surface area contributed by atoms with Crippen LogP contribution in [0.15, 0.2) is 24.3 Å². The lowest BCUT2D eigenvalue weighted by Gasteiger charge is -2.07. The summed E-state index contributed by atoms with van der Waals surface area (Å²) in [6.07, 6.45) is 3.80. The molecule has 0 radical (unpaired) electrons. The number of ether oxygens (including phenoxy) is 1. The molecule has 1 aliphatic rings. The zero-order chi connectivity index (χ0) is 10.0. The van der Waals surface area contributed by atoms with Gasteiger partial charge >= 0.3 is 0 Å². The van der Waals surface area contributed by atoms with Crippen molar-refractivity contribution in [2.24, 2.45) is 0 Å². The maximum Gasteiger partial charge on any atom is 0.118 e. The van der Waals surface area contributed by atoms with E-state index in [0.29, 0.717) is 0 Å². The topological polar surface area (TPSA) is 29.5 Å². The normalized spacial score (nSPS) is 17.9. The number of aryl methyl sites for hydroxylation is 1. The fourth-order valence-corrected chi connectivity index (χ4v) is 1.56. The minimum absolute atomic E-state index is 0.333. The maximum absolute atomic E-state index is 9.67. The van der Waals surface area contributed by atoms with Crippen LogP contribution in [0.4, 0.5) is 0 Å². The average molecular weight is 192 g/mol. The Kier molecular flexibility index (Phi) is 2.46. The van der Waals surface area contributed by atoms with Crippen LogP contribution < -0.4 is 4.74 Å². The van der Waals surface area contributed by atoms with Crippen LogP contribution in [0.2, 0.25) is 0 Å². The van der Waals surface area contributed by atoms with E-state index < -0.39 is 0 Å². The van der Waals surface area contributed by atoms with E-state index in [2.05, 4.69) is 12.1 Å². The first-order valence-electron chi connectivity index (χ1n) is 5.07. The molecule has 0 saturated heterocycles. The van der Waals surface area contributed by atoms with Gasteiger partial charge in [0.05, 0.1) is 12.7 Å². The molecule has 1 saturated carbocycles. The molecule has 1 aliphatic carbocycles. The first-order chi connectivity index (χ1) is 6.72. The number of hydrogen-bond acceptors (Lipinski definition) is 2. The molecule has 0 unspecified atom stereocenters. The van der Waals surface area contributed by atoms with Crippen molar-refractivity contribution in [3.8, 4) is 5.75 Å². The Hall–Kier alpha value is -1.02. The quantitative estimate of drug-likeness (QED) is 0.792. The van der Waals surface area contributed by atoms with Gasteiger partial charge < -0.3 is 9.84 Å². The van der Waals surface area contributed by atoms with Gasteiger partial charge in [-0.05, 0) is 43.4 Å². The van der Waals surface area contributed by atoms with E-state index in [4.69, 9.17) is 4.74 Å². The van der Waals surface area contributed by atoms with Gasteiger partial charge in [0.2, 0.25) is 0 Å². The van der Waals surface area contributed by atoms with Gasteiger partial charge in [-0.25, -0.2) is 0 Å². The van der Waals surface area contributed by atoms with E-state index >= 15 is 0 Å². The zero-order valence-electron chi connectivity index (χ0n) is 8.49. The van der Waals surface area contributed by atoms with Crippen LogP contribution in [0.25, 0.3) is 0 Å². The molecule has 0 aliphatic heterocycles. The molecule has 2 nitrogen and oxygen atoms in total. The molecule has 2 heteroatoms. The van der Waals surface area contributed by atoms with Gasteiger partial charge in [0.15, 0.2) is 0 Å². The standard InChI is InChI=1S/C12H16O2/c1-14-11-4-2-10(3-5-11)6-7-12(13)8-9-12/h2-5,13H,6-9H2,1H3. The lowest BCUT2D eigenvalue weighted by Crippen LogP contribution is -2.07. The molecule has 1 aromatic carbocycles. The van der Waals surface area contributed by atoms with Crippen molar-refractivity contribution in [3.63, 3.8) is 0 Å². The van der Waals surface area contributed by atoms with Crippen molar-refractivity contribution in [2.45, 2.75) is 31.3 Å². The second kappa shape index (κ2) is 3.62. The highest BCUT2D eigenvalue weighted by atomic mass is 16.5. The number of benzene rings is 1. The second-order valence-electron chi connectivity index (χ2n) is 4.07. The van der Waals surface area contributed by atoms with Crippen molar-refractivity contribution >= 4 is 0 Å². The molecule has 0 atom stereocenters. The molecule has 14 heavy (non-hydrogen) atoms. The molecular formula is C12H16O2. The Labute approximate surface area is 84.5 Å². The molecule has 0 amide bonds. The van der Waals surface area contributed by atoms with E-state index in [1.54, 1.807) is 7.11 Å². The molecule has 0 heterocycles. The van der Waals surface area contributed by atoms with Crippen LogP contribution in [0.5, 0.6) is 5.75 Å². The predicted octanol–water partition coefficient (Wildman–Crippen LogP) is 2.15. The summed E-state index contributed by atoms with van der Waals surface area (Å²) in [5.74, 6) is 0.888. The van der Waals surface area contributed by atoms with Crippen LogP contribution in [0.3, 0.4) is 0 Å². The summed E-state index contributed by atoms with van der Waals surface area (Å²) in [6.45, 7) is 0. The maximum atomic E-state index is 9.67. The first-order valence-corrected chi connectivity index (χ1v) is 5.07. The molecule has 0 bridgehead atoms. The molecule has 2 rings (SSSR count). The smallest absolute Gasteiger partial charge is 0.118 e. The zero-order valence-corrected chi connectivity index (χ0v) is 8.49. The highest BCUT2D eigenvalue weighted by molar-refractivity contribution is 5.27. The highest BCUT2D eigenvalue weighted by Crippen LogP contribution is 2.39. The highest BCUT2D eigenvalue weighted by Gasteiger charge is 2.39. The molecule has 1 aromatic rings. The SMILES string of the molecule is COc1ccc(CCC2(O)CC2)cc1. The lowest BCUT2D eigenvalue weighted by molar-refractivity contribution is 0.140. The lowest BCUT2D eigenvalue weighted by atomic mass is 10.1. The third-order valence-electron chi connectivity index (χ3n) is 2.87. The average Bonchev–Trinajstić information content (AvgIpc) is 2.95. The van der Waals surface area contributed by atoms with Crippen LogP contribution in [-0.2, 0) is 6.42 Å². The van der Waals surface area contributed by atoms with Crippen LogP contribution in [-0.4, -0.2) is 17.8 Å². The number of methoxy groups -OCH3 is 1. The third kappa shape index (κ3) is 2.26. The summed E-state index contributed by atoms with van der Waals surface area (Å²) in [7, 11) is 1.67. The Bertz CT molecular complexity index is 299. The van der Waals surface area contributed by atoms with E-state index in [9.17, 15) is 5.11 Å². The molecule has 1 N–H and O–H groups in total. The monoisotopic (exact) mass is 192 g/mol. The van der Waals surface area contributed by atoms with Crippen molar-refractivity contribution in [3.05, 3.63) is 29.8 Å². The minimum atomic E-state index is -0.333. The number of rotatable bonds is 4. The molecule has 0 spiro atoms. The Morgan fingerprint density at radius 3 is 2.43 bits per heavy atom. The van der Waals surface area contributed by atoms with Gasteiger partial charge in [0.25, 0.3) is 0 Å². The van der Waals surface area contributed by atoms with Crippen molar-refractivity contribution in [2.75, 3.05) is 7.11 Å². The third-order valence-corrected chi connectivity index (χ3v) is 2.87. The second-order valence-corrected chi connectivity index (χ2v) is 4.07. The fourth-order valence-electron chi connectivity index (χ4n) is 1.56. The van der Waals surface area contributed by atoms with E-state index in [0.717, 1.165) is 31.4 Å². The van der Waals surface area contributed by atoms with Gasteiger partial charge in [-0.15, -0.1) is 0 Å². The fraction of sp³-hybridized carbons (Fsp3) is 0.500. The van der Waals surface area contributed by atoms with Crippen LogP contribution >= 0.6 is 0 Å². The molecule has 76 valence electrons. The summed E-state index contributed by atoms with van der Waals surface area (Å²) in [4.78, 5) is 0. The Balaban J connectivity index is 1.89. The Morgan fingerprint density at radius 1 is 1.29 bits per heavy atom. The van der Waals surface area contributed by atoms with E-state index in [-0.39, 0.29) is 5.60 Å². The summed E-state index contributed by atoms with van der Waals surface area (Å²) in [5.41, 5.74) is 0.936. The van der Waals surface area contributed by atoms with Gasteiger partial charge in [0.1, 0.15) is 5.75 Å². The van der Waals surface area contributed by atoms with Gasteiger partial charge in [-0.1, -0.05) is 12.1 Å². The van der Waals surface area contributed by atoms with E-state index in [1.807, 2.05) is 12.1 Å². The number of aliphatic hydroxyl groups is 1. The summed E-state index contributed by atoms with van der Waals surface area (Å²) >= 11 is 0. The van der Waals surface area contributed by atoms with Gasteiger partial charge in [0, 0.05) is 0 Å². The molecule has 0 aromatic heterocycles. The van der Waals surface area contributed by atoms with Gasteiger partial charge in [-0.3, -0.25) is 0 Å². The predicted molar refractivity (Wildman–Crippen MR) is 55.5 cm³/mol. The Morgan fingerprint density at radius 2 is 1.93 bits per heavy atom. The summed E-state index contributed by atoms with van der Waals surface area (Å²) in [5, 5.41) is 9.67. The summed E-state index contributed by atoms with van der Waals surface area (Å²) in [6, 6.07) is 8.05.